The normalized spacial score (nSPS) is 16.4. The lowest BCUT2D eigenvalue weighted by molar-refractivity contribution is 0.356. The van der Waals surface area contributed by atoms with E-state index in [1.165, 1.54) is 76.2 Å². The van der Waals surface area contributed by atoms with Gasteiger partial charge < -0.3 is 5.73 Å². The van der Waals surface area contributed by atoms with E-state index in [0.717, 1.165) is 12.5 Å². The molecule has 1 aromatic rings. The minimum absolute atomic E-state index is 0.844. The minimum Gasteiger partial charge on any atom is -0.330 e. The molecular weight excluding hydrogens is 242 g/mol. The first-order chi connectivity index (χ1) is 9.88. The van der Waals surface area contributed by atoms with Gasteiger partial charge in [-0.1, -0.05) is 69.2 Å². The van der Waals surface area contributed by atoms with Gasteiger partial charge in [0.1, 0.15) is 0 Å². The Bertz CT molecular complexity index is 366. The zero-order valence-corrected chi connectivity index (χ0v) is 12.9. The van der Waals surface area contributed by atoms with Crippen molar-refractivity contribution >= 4 is 0 Å². The molecule has 0 saturated heterocycles. The van der Waals surface area contributed by atoms with Gasteiger partial charge in [-0.3, -0.25) is 0 Å². The highest BCUT2D eigenvalue weighted by molar-refractivity contribution is 5.24. The summed E-state index contributed by atoms with van der Waals surface area (Å²) < 4.78 is 0. The van der Waals surface area contributed by atoms with Crippen LogP contribution < -0.4 is 5.73 Å². The summed E-state index contributed by atoms with van der Waals surface area (Å²) in [6.45, 7) is 0.844. The lowest BCUT2D eigenvalue weighted by Crippen LogP contribution is -2.09. The van der Waals surface area contributed by atoms with Crippen LogP contribution in [0.5, 0.6) is 0 Å². The summed E-state index contributed by atoms with van der Waals surface area (Å²) in [5.41, 5.74) is 8.63. The zero-order chi connectivity index (χ0) is 14.0. The van der Waals surface area contributed by atoms with Gasteiger partial charge in [-0.05, 0) is 49.3 Å². The van der Waals surface area contributed by atoms with E-state index in [9.17, 15) is 0 Å². The molecule has 0 aliphatic heterocycles. The molecule has 1 saturated carbocycles. The molecule has 0 spiro atoms. The van der Waals surface area contributed by atoms with Crippen LogP contribution in [0.15, 0.2) is 24.3 Å². The molecule has 0 unspecified atom stereocenters. The Balaban J connectivity index is 1.75. The van der Waals surface area contributed by atoms with Crippen LogP contribution in [0.25, 0.3) is 0 Å². The summed E-state index contributed by atoms with van der Waals surface area (Å²) in [6.07, 6.45) is 14.9. The van der Waals surface area contributed by atoms with Crippen LogP contribution in [0.1, 0.15) is 68.9 Å². The first-order valence-electron chi connectivity index (χ1n) is 8.66. The third-order valence-electron chi connectivity index (χ3n) is 4.66. The summed E-state index contributed by atoms with van der Waals surface area (Å²) in [5, 5.41) is 0. The number of hydrogen-bond donors (Lipinski definition) is 1. The van der Waals surface area contributed by atoms with Crippen LogP contribution >= 0.6 is 0 Å². The van der Waals surface area contributed by atoms with E-state index in [-0.39, 0.29) is 0 Å². The highest BCUT2D eigenvalue weighted by atomic mass is 14.5. The third kappa shape index (κ3) is 5.66. The van der Waals surface area contributed by atoms with Crippen molar-refractivity contribution in [1.29, 1.82) is 0 Å². The van der Waals surface area contributed by atoms with Gasteiger partial charge in [-0.25, -0.2) is 0 Å². The molecule has 0 heterocycles. The van der Waals surface area contributed by atoms with Gasteiger partial charge in [0.25, 0.3) is 0 Å². The molecule has 2 N–H and O–H groups in total. The van der Waals surface area contributed by atoms with Crippen LogP contribution in [-0.2, 0) is 12.8 Å². The number of hydrogen-bond acceptors (Lipinski definition) is 1. The molecule has 0 radical (unpaired) electrons. The second kappa shape index (κ2) is 9.18. The lowest BCUT2D eigenvalue weighted by Gasteiger charge is -2.21. The fourth-order valence-corrected chi connectivity index (χ4v) is 3.46. The van der Waals surface area contributed by atoms with Gasteiger partial charge >= 0.3 is 0 Å². The number of nitrogens with two attached hydrogens (primary N) is 1. The Hall–Kier alpha value is -0.820. The van der Waals surface area contributed by atoms with Crippen LogP contribution in [0.3, 0.4) is 0 Å². The lowest BCUT2D eigenvalue weighted by atomic mass is 9.84. The van der Waals surface area contributed by atoms with Crippen molar-refractivity contribution in [3.63, 3.8) is 0 Å². The molecular formula is C19H31N. The minimum atomic E-state index is 0.844. The SMILES string of the molecule is NCCCCCCc1cccc(CC2CCCCC2)c1. The zero-order valence-electron chi connectivity index (χ0n) is 12.9. The molecule has 1 fully saturated rings. The van der Waals surface area contributed by atoms with Crippen LogP contribution in [0.2, 0.25) is 0 Å². The molecule has 0 amide bonds. The maximum atomic E-state index is 5.53. The standard InChI is InChI=1S/C19H31N/c20-14-7-2-1-4-9-18-12-8-13-19(16-18)15-17-10-5-3-6-11-17/h8,12-13,16-17H,1-7,9-11,14-15,20H2. The predicted octanol–water partition coefficient (Wildman–Crippen LogP) is 4.87. The smallest absolute Gasteiger partial charge is 0.00773 e. The summed E-state index contributed by atoms with van der Waals surface area (Å²) in [4.78, 5) is 0. The second-order valence-corrected chi connectivity index (χ2v) is 6.48. The number of unbranched alkanes of at least 4 members (excludes halogenated alkanes) is 3. The molecule has 1 nitrogen and oxygen atoms in total. The first kappa shape index (κ1) is 15.6. The largest absolute Gasteiger partial charge is 0.330 e. The number of rotatable bonds is 8. The van der Waals surface area contributed by atoms with E-state index in [0.29, 0.717) is 0 Å². The van der Waals surface area contributed by atoms with Gasteiger partial charge in [-0.15, -0.1) is 0 Å². The molecule has 20 heavy (non-hydrogen) atoms. The van der Waals surface area contributed by atoms with E-state index in [1.54, 1.807) is 5.56 Å². The van der Waals surface area contributed by atoms with Gasteiger partial charge in [0, 0.05) is 0 Å². The highest BCUT2D eigenvalue weighted by Gasteiger charge is 2.13. The van der Waals surface area contributed by atoms with Gasteiger partial charge in [0.15, 0.2) is 0 Å². The fourth-order valence-electron chi connectivity index (χ4n) is 3.46. The molecule has 1 aromatic carbocycles. The van der Waals surface area contributed by atoms with Crippen LogP contribution in [-0.4, -0.2) is 6.54 Å². The average molecular weight is 273 g/mol. The Morgan fingerprint density at radius 3 is 2.45 bits per heavy atom. The van der Waals surface area contributed by atoms with E-state index in [2.05, 4.69) is 24.3 Å². The second-order valence-electron chi connectivity index (χ2n) is 6.48. The molecule has 0 aromatic heterocycles. The van der Waals surface area contributed by atoms with Crippen molar-refractivity contribution < 1.29 is 0 Å². The van der Waals surface area contributed by atoms with E-state index < -0.39 is 0 Å². The van der Waals surface area contributed by atoms with Crippen molar-refractivity contribution in [3.8, 4) is 0 Å². The monoisotopic (exact) mass is 273 g/mol. The summed E-state index contributed by atoms with van der Waals surface area (Å²) in [6, 6.07) is 9.34. The van der Waals surface area contributed by atoms with Crippen LogP contribution in [0, 0.1) is 5.92 Å². The molecule has 1 heteroatoms. The van der Waals surface area contributed by atoms with Gasteiger partial charge in [-0.2, -0.15) is 0 Å². The number of aryl methyl sites for hydroxylation is 1. The molecule has 0 bridgehead atoms. The van der Waals surface area contributed by atoms with Gasteiger partial charge in [0.05, 0.1) is 0 Å². The van der Waals surface area contributed by atoms with E-state index in [1.807, 2.05) is 0 Å². The maximum Gasteiger partial charge on any atom is -0.00773 e. The molecule has 1 aliphatic rings. The fraction of sp³-hybridized carbons (Fsp3) is 0.684. The van der Waals surface area contributed by atoms with Crippen molar-refractivity contribution in [2.45, 2.75) is 70.6 Å². The molecule has 1 aliphatic carbocycles. The van der Waals surface area contributed by atoms with Crippen molar-refractivity contribution in [2.24, 2.45) is 11.7 Å². The van der Waals surface area contributed by atoms with E-state index >= 15 is 0 Å². The summed E-state index contributed by atoms with van der Waals surface area (Å²) >= 11 is 0. The van der Waals surface area contributed by atoms with Crippen LogP contribution in [0.4, 0.5) is 0 Å². The quantitative estimate of drug-likeness (QED) is 0.672. The number of benzene rings is 1. The molecule has 112 valence electrons. The molecule has 2 rings (SSSR count). The third-order valence-corrected chi connectivity index (χ3v) is 4.66. The molecule has 0 atom stereocenters. The Kier molecular flexibility index (Phi) is 7.14. The first-order valence-corrected chi connectivity index (χ1v) is 8.66. The predicted molar refractivity (Wildman–Crippen MR) is 87.9 cm³/mol. The Morgan fingerprint density at radius 2 is 1.65 bits per heavy atom. The van der Waals surface area contributed by atoms with E-state index in [4.69, 9.17) is 5.73 Å². The van der Waals surface area contributed by atoms with Crippen molar-refractivity contribution in [1.82, 2.24) is 0 Å². The van der Waals surface area contributed by atoms with Gasteiger partial charge in [0.2, 0.25) is 0 Å². The maximum absolute atomic E-state index is 5.53. The Labute approximate surface area is 125 Å². The summed E-state index contributed by atoms with van der Waals surface area (Å²) in [7, 11) is 0. The highest BCUT2D eigenvalue weighted by Crippen LogP contribution is 2.27. The van der Waals surface area contributed by atoms with Crippen molar-refractivity contribution in [2.75, 3.05) is 6.54 Å². The van der Waals surface area contributed by atoms with Crippen molar-refractivity contribution in [3.05, 3.63) is 35.4 Å². The Morgan fingerprint density at radius 1 is 0.900 bits per heavy atom. The average Bonchev–Trinajstić information content (AvgIpc) is 2.48. The summed E-state index contributed by atoms with van der Waals surface area (Å²) in [5.74, 6) is 0.948. The topological polar surface area (TPSA) is 26.0 Å².